The fourth-order valence-electron chi connectivity index (χ4n) is 4.24. The fourth-order valence-corrected chi connectivity index (χ4v) is 4.24. The second-order valence-electron chi connectivity index (χ2n) is 8.75. The highest BCUT2D eigenvalue weighted by molar-refractivity contribution is 6.01. The topological polar surface area (TPSA) is 68.2 Å². The minimum atomic E-state index is -0.467. The molecule has 3 aromatic rings. The number of benzene rings is 2. The van der Waals surface area contributed by atoms with Crippen LogP contribution in [0.3, 0.4) is 0 Å². The van der Waals surface area contributed by atoms with E-state index in [-0.39, 0.29) is 11.3 Å². The Morgan fingerprint density at radius 3 is 2.47 bits per heavy atom. The Balaban J connectivity index is 1.75. The minimum absolute atomic E-state index is 0.000380. The summed E-state index contributed by atoms with van der Waals surface area (Å²) in [4.78, 5) is 39.1. The van der Waals surface area contributed by atoms with E-state index in [1.54, 1.807) is 4.57 Å². The van der Waals surface area contributed by atoms with Crippen LogP contribution >= 0.6 is 0 Å². The molecule has 1 amide bonds. The molecule has 0 aliphatic heterocycles. The smallest absolute Gasteiger partial charge is 0.268 e. The highest BCUT2D eigenvalue weighted by atomic mass is 16.2. The molecule has 0 unspecified atom stereocenters. The minimum Gasteiger partial charge on any atom is -0.348 e. The van der Waals surface area contributed by atoms with Gasteiger partial charge in [-0.2, -0.15) is 0 Å². The first kappa shape index (κ1) is 21.8. The molecule has 0 spiro atoms. The molecule has 5 heteroatoms. The fraction of sp³-hybridized carbons (Fsp3) is 0.296. The summed E-state index contributed by atoms with van der Waals surface area (Å²) in [5, 5.41) is 2.84. The lowest BCUT2D eigenvalue weighted by Crippen LogP contribution is -2.36. The summed E-state index contributed by atoms with van der Waals surface area (Å²) < 4.78 is 1.55. The molecule has 32 heavy (non-hydrogen) atoms. The van der Waals surface area contributed by atoms with Crippen molar-refractivity contribution in [2.75, 3.05) is 0 Å². The van der Waals surface area contributed by atoms with E-state index in [1.807, 2.05) is 55.5 Å². The van der Waals surface area contributed by atoms with Crippen LogP contribution in [-0.4, -0.2) is 16.3 Å². The van der Waals surface area contributed by atoms with Gasteiger partial charge in [0.1, 0.15) is 5.56 Å². The molecule has 1 aliphatic carbocycles. The molecule has 0 atom stereocenters. The maximum absolute atomic E-state index is 13.5. The molecular weight excluding hydrogens is 400 g/mol. The van der Waals surface area contributed by atoms with Crippen molar-refractivity contribution in [3.8, 4) is 5.69 Å². The molecule has 1 heterocycles. The number of ketones is 1. The number of rotatable bonds is 5. The monoisotopic (exact) mass is 428 g/mol. The normalized spacial score (nSPS) is 13.2. The highest BCUT2D eigenvalue weighted by Crippen LogP contribution is 2.24. The van der Waals surface area contributed by atoms with Gasteiger partial charge in [0.15, 0.2) is 5.78 Å². The number of hydrogen-bond donors (Lipinski definition) is 1. The molecule has 0 fully saturated rings. The van der Waals surface area contributed by atoms with Gasteiger partial charge in [-0.25, -0.2) is 0 Å². The summed E-state index contributed by atoms with van der Waals surface area (Å²) >= 11 is 0. The Bertz CT molecular complexity index is 1240. The lowest BCUT2D eigenvalue weighted by atomic mass is 9.92. The number of carbonyl (C=O) groups excluding carboxylic acids is 2. The van der Waals surface area contributed by atoms with Crippen LogP contribution in [0, 0.1) is 6.92 Å². The van der Waals surface area contributed by atoms with Gasteiger partial charge >= 0.3 is 0 Å². The quantitative estimate of drug-likeness (QED) is 0.639. The van der Waals surface area contributed by atoms with Crippen molar-refractivity contribution in [2.45, 2.75) is 52.5 Å². The molecule has 1 N–H and O–H groups in total. The van der Waals surface area contributed by atoms with E-state index in [1.165, 1.54) is 11.6 Å². The molecule has 1 aromatic heterocycles. The molecule has 5 nitrogen and oxygen atoms in total. The number of aryl methyl sites for hydroxylation is 1. The predicted octanol–water partition coefficient (Wildman–Crippen LogP) is 4.72. The largest absolute Gasteiger partial charge is 0.348 e. The van der Waals surface area contributed by atoms with Gasteiger partial charge in [-0.05, 0) is 55.0 Å². The molecule has 2 aromatic carbocycles. The molecule has 0 saturated heterocycles. The number of amides is 1. The third-order valence-corrected chi connectivity index (χ3v) is 6.02. The van der Waals surface area contributed by atoms with Crippen molar-refractivity contribution in [1.29, 1.82) is 0 Å². The van der Waals surface area contributed by atoms with Crippen molar-refractivity contribution in [3.05, 3.63) is 98.5 Å². The van der Waals surface area contributed by atoms with Crippen LogP contribution in [0.25, 0.3) is 5.69 Å². The van der Waals surface area contributed by atoms with Gasteiger partial charge in [-0.1, -0.05) is 55.8 Å². The van der Waals surface area contributed by atoms with Crippen LogP contribution in [-0.2, 0) is 13.0 Å². The Morgan fingerprint density at radius 2 is 1.78 bits per heavy atom. The first-order valence-corrected chi connectivity index (χ1v) is 11.1. The van der Waals surface area contributed by atoms with Crippen LogP contribution < -0.4 is 10.9 Å². The Morgan fingerprint density at radius 1 is 1.03 bits per heavy atom. The molecular formula is C27H28N2O3. The zero-order valence-corrected chi connectivity index (χ0v) is 18.8. The molecule has 164 valence electrons. The van der Waals surface area contributed by atoms with Crippen LogP contribution in [0.15, 0.2) is 59.4 Å². The van der Waals surface area contributed by atoms with Gasteiger partial charge in [-0.3, -0.25) is 19.0 Å². The number of aromatic nitrogens is 1. The zero-order chi connectivity index (χ0) is 22.8. The summed E-state index contributed by atoms with van der Waals surface area (Å²) in [6.07, 6.45) is 1.77. The number of nitrogens with one attached hydrogen (secondary N) is 1. The van der Waals surface area contributed by atoms with Crippen molar-refractivity contribution in [2.24, 2.45) is 0 Å². The van der Waals surface area contributed by atoms with Crippen LogP contribution in [0.4, 0.5) is 0 Å². The summed E-state index contributed by atoms with van der Waals surface area (Å²) in [7, 11) is 0. The van der Waals surface area contributed by atoms with E-state index < -0.39 is 11.5 Å². The van der Waals surface area contributed by atoms with Crippen LogP contribution in [0.2, 0.25) is 0 Å². The van der Waals surface area contributed by atoms with Crippen molar-refractivity contribution in [1.82, 2.24) is 9.88 Å². The number of hydrogen-bond acceptors (Lipinski definition) is 3. The Labute approximate surface area is 188 Å². The van der Waals surface area contributed by atoms with E-state index >= 15 is 0 Å². The van der Waals surface area contributed by atoms with Gasteiger partial charge in [0, 0.05) is 29.9 Å². The zero-order valence-electron chi connectivity index (χ0n) is 18.8. The molecule has 0 bridgehead atoms. The van der Waals surface area contributed by atoms with E-state index in [0.717, 1.165) is 11.1 Å². The highest BCUT2D eigenvalue weighted by Gasteiger charge is 2.26. The van der Waals surface area contributed by atoms with Crippen LogP contribution in [0.1, 0.15) is 75.7 Å². The number of nitrogens with zero attached hydrogens (tertiary/aromatic N) is 1. The Hall–Kier alpha value is -3.47. The second kappa shape index (κ2) is 8.95. The SMILES string of the molecule is Cc1cccc(CNC(=O)c2cc3c(n(-c4ccc(C(C)C)cc4)c2=O)CCCC3=O)c1. The molecule has 0 radical (unpaired) electrons. The average Bonchev–Trinajstić information content (AvgIpc) is 2.77. The number of pyridine rings is 1. The van der Waals surface area contributed by atoms with Gasteiger partial charge < -0.3 is 5.32 Å². The van der Waals surface area contributed by atoms with E-state index in [4.69, 9.17) is 0 Å². The Kier molecular flexibility index (Phi) is 6.08. The van der Waals surface area contributed by atoms with Crippen molar-refractivity contribution in [3.63, 3.8) is 0 Å². The third kappa shape index (κ3) is 4.28. The summed E-state index contributed by atoms with van der Waals surface area (Å²) in [6, 6.07) is 17.1. The van der Waals surface area contributed by atoms with Gasteiger partial charge in [0.25, 0.3) is 11.5 Å². The number of carbonyl (C=O) groups is 2. The van der Waals surface area contributed by atoms with Gasteiger partial charge in [0.05, 0.1) is 0 Å². The molecule has 1 aliphatic rings. The van der Waals surface area contributed by atoms with Crippen LogP contribution in [0.5, 0.6) is 0 Å². The lowest BCUT2D eigenvalue weighted by molar-refractivity contribution is 0.0949. The van der Waals surface area contributed by atoms with Gasteiger partial charge in [0.2, 0.25) is 0 Å². The number of fused-ring (bicyclic) bond motifs is 1. The summed E-state index contributed by atoms with van der Waals surface area (Å²) in [5.41, 5.74) is 4.68. The summed E-state index contributed by atoms with van der Waals surface area (Å²) in [6.45, 7) is 6.53. The van der Waals surface area contributed by atoms with Gasteiger partial charge in [-0.15, -0.1) is 0 Å². The third-order valence-electron chi connectivity index (χ3n) is 6.02. The summed E-state index contributed by atoms with van der Waals surface area (Å²) in [5.74, 6) is -0.119. The molecule has 0 saturated carbocycles. The first-order chi connectivity index (χ1) is 15.3. The number of Topliss-reactive ketones (excluding diaryl/α,β-unsaturated/α-hetero) is 1. The predicted molar refractivity (Wildman–Crippen MR) is 126 cm³/mol. The average molecular weight is 429 g/mol. The molecule has 4 rings (SSSR count). The maximum atomic E-state index is 13.5. The second-order valence-corrected chi connectivity index (χ2v) is 8.75. The van der Waals surface area contributed by atoms with Crippen molar-refractivity contribution >= 4 is 11.7 Å². The van der Waals surface area contributed by atoms with E-state index in [0.29, 0.717) is 48.7 Å². The lowest BCUT2D eigenvalue weighted by Gasteiger charge is -2.22. The first-order valence-electron chi connectivity index (χ1n) is 11.1. The maximum Gasteiger partial charge on any atom is 0.268 e. The van der Waals surface area contributed by atoms with E-state index in [9.17, 15) is 14.4 Å². The van der Waals surface area contributed by atoms with E-state index in [2.05, 4.69) is 19.2 Å². The standard InChI is InChI=1S/C27H28N2O3/c1-17(2)20-10-12-21(13-11-20)29-24-8-5-9-25(30)22(24)15-23(27(29)32)26(31)28-16-19-7-4-6-18(3)14-19/h4,6-7,10-15,17H,5,8-9,16H2,1-3H3,(H,28,31). The van der Waals surface area contributed by atoms with Crippen molar-refractivity contribution < 1.29 is 9.59 Å².